The minimum absolute atomic E-state index is 0.00630. The third kappa shape index (κ3) is 1.92. The lowest BCUT2D eigenvalue weighted by molar-refractivity contribution is 0.604. The highest BCUT2D eigenvalue weighted by atomic mass is 35.5. The first-order valence-corrected chi connectivity index (χ1v) is 4.34. The van der Waals surface area contributed by atoms with Gasteiger partial charge in [-0.3, -0.25) is 4.98 Å². The van der Waals surface area contributed by atoms with Crippen LogP contribution in [-0.2, 0) is 0 Å². The van der Waals surface area contributed by atoms with Crippen LogP contribution in [0, 0.1) is 11.6 Å². The number of aromatic nitrogens is 3. The van der Waals surface area contributed by atoms with Crippen molar-refractivity contribution in [3.63, 3.8) is 0 Å². The number of hydrogen-bond donors (Lipinski definition) is 0. The van der Waals surface area contributed by atoms with Gasteiger partial charge in [-0.2, -0.15) is 0 Å². The van der Waals surface area contributed by atoms with Crippen LogP contribution in [0.15, 0.2) is 24.7 Å². The van der Waals surface area contributed by atoms with Crippen molar-refractivity contribution < 1.29 is 8.78 Å². The molecule has 6 heteroatoms. The second-order valence-electron chi connectivity index (χ2n) is 2.69. The third-order valence-electron chi connectivity index (χ3n) is 1.74. The second-order valence-corrected chi connectivity index (χ2v) is 3.03. The predicted molar refractivity (Wildman–Crippen MR) is 50.2 cm³/mol. The molecule has 2 aromatic heterocycles. The maximum absolute atomic E-state index is 13.3. The van der Waals surface area contributed by atoms with E-state index in [1.807, 2.05) is 0 Å². The molecule has 0 spiro atoms. The summed E-state index contributed by atoms with van der Waals surface area (Å²) in [5.74, 6) is -1.39. The lowest BCUT2D eigenvalue weighted by atomic mass is 10.2. The standard InChI is InChI=1S/C9H4ClF2N3/c10-9-14-4-7(12)8(15-9)5-1-2-13-3-6(5)11/h1-4H. The smallest absolute Gasteiger partial charge is 0.223 e. The molecule has 0 aliphatic heterocycles. The topological polar surface area (TPSA) is 38.7 Å². The van der Waals surface area contributed by atoms with Gasteiger partial charge in [-0.1, -0.05) is 0 Å². The predicted octanol–water partition coefficient (Wildman–Crippen LogP) is 2.47. The number of halogens is 3. The molecule has 76 valence electrons. The molecule has 0 atom stereocenters. The Morgan fingerprint density at radius 2 is 1.93 bits per heavy atom. The average molecular weight is 228 g/mol. The van der Waals surface area contributed by atoms with Crippen molar-refractivity contribution in [3.8, 4) is 11.3 Å². The lowest BCUT2D eigenvalue weighted by Gasteiger charge is -2.02. The summed E-state index contributed by atoms with van der Waals surface area (Å²) >= 11 is 5.49. The first-order valence-electron chi connectivity index (χ1n) is 3.96. The van der Waals surface area contributed by atoms with Crippen molar-refractivity contribution in [1.29, 1.82) is 0 Å². The molecule has 0 N–H and O–H groups in total. The summed E-state index contributed by atoms with van der Waals surface area (Å²) in [5, 5.41) is -0.136. The number of pyridine rings is 1. The van der Waals surface area contributed by atoms with E-state index in [-0.39, 0.29) is 16.5 Å². The van der Waals surface area contributed by atoms with E-state index < -0.39 is 11.6 Å². The van der Waals surface area contributed by atoms with E-state index in [0.29, 0.717) is 0 Å². The quantitative estimate of drug-likeness (QED) is 0.703. The third-order valence-corrected chi connectivity index (χ3v) is 1.92. The van der Waals surface area contributed by atoms with Gasteiger partial charge in [0.25, 0.3) is 0 Å². The molecule has 0 radical (unpaired) electrons. The van der Waals surface area contributed by atoms with Crippen LogP contribution in [-0.4, -0.2) is 15.0 Å². The maximum Gasteiger partial charge on any atom is 0.223 e. The molecule has 0 aliphatic rings. The van der Waals surface area contributed by atoms with E-state index >= 15 is 0 Å². The first-order chi connectivity index (χ1) is 7.18. The van der Waals surface area contributed by atoms with Crippen molar-refractivity contribution >= 4 is 11.6 Å². The molecule has 3 nitrogen and oxygen atoms in total. The van der Waals surface area contributed by atoms with Crippen LogP contribution < -0.4 is 0 Å². The molecule has 0 saturated heterocycles. The van der Waals surface area contributed by atoms with Crippen molar-refractivity contribution in [2.75, 3.05) is 0 Å². The Morgan fingerprint density at radius 1 is 1.13 bits per heavy atom. The maximum atomic E-state index is 13.3. The largest absolute Gasteiger partial charge is 0.262 e. The van der Waals surface area contributed by atoms with Gasteiger partial charge in [0.2, 0.25) is 5.28 Å². The second kappa shape index (κ2) is 3.86. The summed E-state index contributed by atoms with van der Waals surface area (Å²) in [6.45, 7) is 0. The van der Waals surface area contributed by atoms with Crippen LogP contribution in [0.4, 0.5) is 8.78 Å². The fourth-order valence-electron chi connectivity index (χ4n) is 1.10. The molecule has 0 saturated carbocycles. The van der Waals surface area contributed by atoms with Crippen LogP contribution in [0.25, 0.3) is 11.3 Å². The zero-order valence-corrected chi connectivity index (χ0v) is 8.04. The highest BCUT2D eigenvalue weighted by Gasteiger charge is 2.12. The SMILES string of the molecule is Fc1cnccc1-c1nc(Cl)ncc1F. The zero-order chi connectivity index (χ0) is 10.8. The van der Waals surface area contributed by atoms with Gasteiger partial charge in [0.1, 0.15) is 5.69 Å². The van der Waals surface area contributed by atoms with Crippen molar-refractivity contribution in [2.24, 2.45) is 0 Å². The summed E-state index contributed by atoms with van der Waals surface area (Å²) in [5.41, 5.74) is -0.165. The molecule has 0 aliphatic carbocycles. The van der Waals surface area contributed by atoms with Gasteiger partial charge in [-0.25, -0.2) is 18.7 Å². The highest BCUT2D eigenvalue weighted by Crippen LogP contribution is 2.22. The van der Waals surface area contributed by atoms with E-state index in [4.69, 9.17) is 11.6 Å². The Kier molecular flexibility index (Phi) is 2.55. The van der Waals surface area contributed by atoms with Gasteiger partial charge in [0.15, 0.2) is 11.6 Å². The van der Waals surface area contributed by atoms with E-state index in [1.54, 1.807) is 0 Å². The Labute approximate surface area is 88.8 Å². The van der Waals surface area contributed by atoms with Crippen LogP contribution in [0.5, 0.6) is 0 Å². The van der Waals surface area contributed by atoms with Crippen LogP contribution in [0.3, 0.4) is 0 Å². The monoisotopic (exact) mass is 227 g/mol. The summed E-state index contributed by atoms with van der Waals surface area (Å²) < 4.78 is 26.5. The molecule has 2 aromatic rings. The van der Waals surface area contributed by atoms with E-state index in [2.05, 4.69) is 15.0 Å². The van der Waals surface area contributed by atoms with Crippen molar-refractivity contribution in [3.05, 3.63) is 41.6 Å². The summed E-state index contributed by atoms with van der Waals surface area (Å²) in [4.78, 5) is 10.6. The Hall–Kier alpha value is -1.62. The molecule has 2 rings (SSSR count). The fourth-order valence-corrected chi connectivity index (χ4v) is 1.24. The van der Waals surface area contributed by atoms with Crippen LogP contribution in [0.2, 0.25) is 5.28 Å². The molecular formula is C9H4ClF2N3. The fraction of sp³-hybridized carbons (Fsp3) is 0. The highest BCUT2D eigenvalue weighted by molar-refractivity contribution is 6.28. The van der Waals surface area contributed by atoms with E-state index in [1.165, 1.54) is 12.3 Å². The van der Waals surface area contributed by atoms with Gasteiger partial charge >= 0.3 is 0 Å². The van der Waals surface area contributed by atoms with Gasteiger partial charge in [0, 0.05) is 11.8 Å². The van der Waals surface area contributed by atoms with Crippen LogP contribution >= 0.6 is 11.6 Å². The Bertz CT molecular complexity index is 504. The van der Waals surface area contributed by atoms with Gasteiger partial charge in [-0.05, 0) is 17.7 Å². The molecule has 0 unspecified atom stereocenters. The van der Waals surface area contributed by atoms with Crippen molar-refractivity contribution in [2.45, 2.75) is 0 Å². The number of hydrogen-bond acceptors (Lipinski definition) is 3. The van der Waals surface area contributed by atoms with E-state index in [0.717, 1.165) is 12.4 Å². The lowest BCUT2D eigenvalue weighted by Crippen LogP contribution is -1.95. The normalized spacial score (nSPS) is 10.3. The first kappa shape index (κ1) is 9.92. The molecule has 0 aromatic carbocycles. The van der Waals surface area contributed by atoms with Crippen molar-refractivity contribution in [1.82, 2.24) is 15.0 Å². The van der Waals surface area contributed by atoms with Gasteiger partial charge in [0.05, 0.1) is 12.4 Å². The Morgan fingerprint density at radius 3 is 2.67 bits per heavy atom. The minimum atomic E-state index is -0.732. The molecule has 2 heterocycles. The summed E-state index contributed by atoms with van der Waals surface area (Å²) in [6, 6.07) is 1.32. The zero-order valence-electron chi connectivity index (χ0n) is 7.28. The van der Waals surface area contributed by atoms with Crippen LogP contribution in [0.1, 0.15) is 0 Å². The molecule has 0 amide bonds. The summed E-state index contributed by atoms with van der Waals surface area (Å²) in [7, 11) is 0. The average Bonchev–Trinajstić information content (AvgIpc) is 2.23. The Balaban J connectivity index is 2.64. The summed E-state index contributed by atoms with van der Waals surface area (Å²) in [6.07, 6.45) is 3.21. The molecule has 0 bridgehead atoms. The molecule has 15 heavy (non-hydrogen) atoms. The van der Waals surface area contributed by atoms with Gasteiger partial charge < -0.3 is 0 Å². The molecular weight excluding hydrogens is 224 g/mol. The number of nitrogens with zero attached hydrogens (tertiary/aromatic N) is 3. The number of rotatable bonds is 1. The van der Waals surface area contributed by atoms with Gasteiger partial charge in [-0.15, -0.1) is 0 Å². The molecule has 0 fully saturated rings. The minimum Gasteiger partial charge on any atom is -0.262 e. The van der Waals surface area contributed by atoms with E-state index in [9.17, 15) is 8.78 Å².